The maximum absolute atomic E-state index is 11.2. The van der Waals surface area contributed by atoms with Gasteiger partial charge in [0.15, 0.2) is 0 Å². The molecule has 0 atom stereocenters. The molecule has 3 aromatic rings. The Bertz CT molecular complexity index is 1030. The minimum atomic E-state index is -0.932. The normalized spacial score (nSPS) is 14.0. The standard InChI is InChI=1S/C23H23N3O3S/c1-16-15-24-21(25-22(16)30-20-4-2-3-18(14-20)23(27)28)13-17-5-7-19(8-6-17)26-9-11-29-12-10-26/h2-8,14-15H,9-13H2,1H3,(H,27,28). The molecule has 4 rings (SSSR count). The van der Waals surface area contributed by atoms with Crippen LogP contribution in [0.5, 0.6) is 0 Å². The van der Waals surface area contributed by atoms with Crippen molar-refractivity contribution in [3.05, 3.63) is 77.2 Å². The van der Waals surface area contributed by atoms with Gasteiger partial charge in [-0.1, -0.05) is 30.0 Å². The van der Waals surface area contributed by atoms with Crippen LogP contribution in [0.3, 0.4) is 0 Å². The Kier molecular flexibility index (Phi) is 6.30. The van der Waals surface area contributed by atoms with Crippen molar-refractivity contribution < 1.29 is 14.6 Å². The van der Waals surface area contributed by atoms with E-state index in [9.17, 15) is 9.90 Å². The van der Waals surface area contributed by atoms with E-state index in [0.717, 1.165) is 53.2 Å². The van der Waals surface area contributed by atoms with E-state index >= 15 is 0 Å². The van der Waals surface area contributed by atoms with Crippen LogP contribution in [0.4, 0.5) is 5.69 Å². The van der Waals surface area contributed by atoms with Gasteiger partial charge in [0, 0.05) is 36.3 Å². The zero-order valence-corrected chi connectivity index (χ0v) is 17.6. The molecule has 154 valence electrons. The first-order chi connectivity index (χ1) is 14.6. The number of morpholine rings is 1. The molecule has 0 aliphatic carbocycles. The fourth-order valence-corrected chi connectivity index (χ4v) is 4.20. The summed E-state index contributed by atoms with van der Waals surface area (Å²) in [6.45, 7) is 5.35. The number of carboxylic acid groups (broad SMARTS) is 1. The quantitative estimate of drug-likeness (QED) is 0.602. The maximum atomic E-state index is 11.2. The van der Waals surface area contributed by atoms with Crippen LogP contribution in [0.15, 0.2) is 64.6 Å². The van der Waals surface area contributed by atoms with E-state index in [1.54, 1.807) is 18.2 Å². The Balaban J connectivity index is 1.47. The molecule has 6 nitrogen and oxygen atoms in total. The second-order valence-electron chi connectivity index (χ2n) is 7.15. The number of aryl methyl sites for hydroxylation is 1. The Morgan fingerprint density at radius 1 is 1.17 bits per heavy atom. The second kappa shape index (κ2) is 9.28. The van der Waals surface area contributed by atoms with Crippen LogP contribution in [0.1, 0.15) is 27.3 Å². The summed E-state index contributed by atoms with van der Waals surface area (Å²) in [5, 5.41) is 10.0. The lowest BCUT2D eigenvalue weighted by molar-refractivity contribution is 0.0696. The molecule has 30 heavy (non-hydrogen) atoms. The van der Waals surface area contributed by atoms with Gasteiger partial charge in [-0.15, -0.1) is 0 Å². The molecule has 0 amide bonds. The first kappa shape index (κ1) is 20.4. The SMILES string of the molecule is Cc1cnc(Cc2ccc(N3CCOCC3)cc2)nc1Sc1cccc(C(=O)O)c1. The van der Waals surface area contributed by atoms with E-state index in [2.05, 4.69) is 34.1 Å². The number of hydrogen-bond donors (Lipinski definition) is 1. The van der Waals surface area contributed by atoms with E-state index < -0.39 is 5.97 Å². The molecule has 0 spiro atoms. The molecule has 2 heterocycles. The van der Waals surface area contributed by atoms with Crippen LogP contribution in [-0.4, -0.2) is 47.3 Å². The number of carbonyl (C=O) groups is 1. The van der Waals surface area contributed by atoms with Gasteiger partial charge >= 0.3 is 5.97 Å². The molecule has 0 saturated carbocycles. The molecule has 1 fully saturated rings. The zero-order chi connectivity index (χ0) is 20.9. The first-order valence-corrected chi connectivity index (χ1v) is 10.7. The van der Waals surface area contributed by atoms with E-state index in [-0.39, 0.29) is 5.56 Å². The molecule has 1 saturated heterocycles. The van der Waals surface area contributed by atoms with Crippen molar-refractivity contribution >= 4 is 23.4 Å². The van der Waals surface area contributed by atoms with Crippen LogP contribution in [0.25, 0.3) is 0 Å². The highest BCUT2D eigenvalue weighted by atomic mass is 32.2. The highest BCUT2D eigenvalue weighted by molar-refractivity contribution is 7.99. The molecule has 0 unspecified atom stereocenters. The highest BCUT2D eigenvalue weighted by Gasteiger charge is 2.12. The van der Waals surface area contributed by atoms with Gasteiger partial charge in [-0.25, -0.2) is 14.8 Å². The lowest BCUT2D eigenvalue weighted by Crippen LogP contribution is -2.36. The predicted molar refractivity (Wildman–Crippen MR) is 117 cm³/mol. The van der Waals surface area contributed by atoms with Crippen LogP contribution < -0.4 is 4.90 Å². The van der Waals surface area contributed by atoms with Crippen molar-refractivity contribution in [1.82, 2.24) is 9.97 Å². The van der Waals surface area contributed by atoms with Gasteiger partial charge in [0.05, 0.1) is 18.8 Å². The zero-order valence-electron chi connectivity index (χ0n) is 16.7. The summed E-state index contributed by atoms with van der Waals surface area (Å²) in [6, 6.07) is 15.4. The number of ether oxygens (including phenoxy) is 1. The van der Waals surface area contributed by atoms with E-state index in [1.807, 2.05) is 19.2 Å². The Morgan fingerprint density at radius 3 is 2.67 bits per heavy atom. The number of aromatic nitrogens is 2. The molecule has 7 heteroatoms. The number of rotatable bonds is 6. The first-order valence-electron chi connectivity index (χ1n) is 9.84. The average Bonchev–Trinajstić information content (AvgIpc) is 2.77. The van der Waals surface area contributed by atoms with Gasteiger partial charge in [-0.3, -0.25) is 0 Å². The van der Waals surface area contributed by atoms with E-state index in [0.29, 0.717) is 6.42 Å². The van der Waals surface area contributed by atoms with Crippen LogP contribution in [-0.2, 0) is 11.2 Å². The number of hydrogen-bond acceptors (Lipinski definition) is 6. The van der Waals surface area contributed by atoms with E-state index in [1.165, 1.54) is 17.4 Å². The van der Waals surface area contributed by atoms with Gasteiger partial charge in [-0.2, -0.15) is 0 Å². The Hall–Kier alpha value is -2.90. The Morgan fingerprint density at radius 2 is 1.93 bits per heavy atom. The van der Waals surface area contributed by atoms with Crippen molar-refractivity contribution in [3.63, 3.8) is 0 Å². The Labute approximate surface area is 179 Å². The summed E-state index contributed by atoms with van der Waals surface area (Å²) in [5.41, 5.74) is 3.60. The van der Waals surface area contributed by atoms with Gasteiger partial charge in [0.2, 0.25) is 0 Å². The summed E-state index contributed by atoms with van der Waals surface area (Å²) in [7, 11) is 0. The van der Waals surface area contributed by atoms with Crippen molar-refractivity contribution in [1.29, 1.82) is 0 Å². The smallest absolute Gasteiger partial charge is 0.335 e. The summed E-state index contributed by atoms with van der Waals surface area (Å²) in [4.78, 5) is 23.6. The third-order valence-electron chi connectivity index (χ3n) is 4.95. The fourth-order valence-electron chi connectivity index (χ4n) is 3.28. The largest absolute Gasteiger partial charge is 0.478 e. The molecule has 2 aromatic carbocycles. The predicted octanol–water partition coefficient (Wildman–Crippen LogP) is 4.06. The van der Waals surface area contributed by atoms with Crippen LogP contribution in [0, 0.1) is 6.92 Å². The average molecular weight is 422 g/mol. The van der Waals surface area contributed by atoms with E-state index in [4.69, 9.17) is 9.72 Å². The third kappa shape index (κ3) is 4.98. The molecule has 1 aliphatic rings. The molecule has 1 aliphatic heterocycles. The van der Waals surface area contributed by atoms with Crippen molar-refractivity contribution in [2.75, 3.05) is 31.2 Å². The molecule has 0 radical (unpaired) electrons. The second-order valence-corrected chi connectivity index (χ2v) is 8.21. The molecule has 1 aromatic heterocycles. The summed E-state index contributed by atoms with van der Waals surface area (Å²) >= 11 is 1.46. The van der Waals surface area contributed by atoms with Crippen LogP contribution in [0.2, 0.25) is 0 Å². The summed E-state index contributed by atoms with van der Waals surface area (Å²) in [6.07, 6.45) is 2.47. The van der Waals surface area contributed by atoms with Crippen molar-refractivity contribution in [3.8, 4) is 0 Å². The molecule has 0 bridgehead atoms. The van der Waals surface area contributed by atoms with Crippen molar-refractivity contribution in [2.24, 2.45) is 0 Å². The lowest BCUT2D eigenvalue weighted by Gasteiger charge is -2.28. The monoisotopic (exact) mass is 421 g/mol. The van der Waals surface area contributed by atoms with Gasteiger partial charge in [0.1, 0.15) is 10.9 Å². The van der Waals surface area contributed by atoms with Crippen molar-refractivity contribution in [2.45, 2.75) is 23.3 Å². The number of anilines is 1. The van der Waals surface area contributed by atoms with Crippen LogP contribution >= 0.6 is 11.8 Å². The summed E-state index contributed by atoms with van der Waals surface area (Å²) in [5.74, 6) is -0.185. The third-order valence-corrected chi connectivity index (χ3v) is 6.04. The van der Waals surface area contributed by atoms with Gasteiger partial charge in [-0.05, 0) is 48.4 Å². The number of benzene rings is 2. The topological polar surface area (TPSA) is 75.5 Å². The molecular formula is C23H23N3O3S. The van der Waals surface area contributed by atoms with Gasteiger partial charge < -0.3 is 14.7 Å². The molecule has 1 N–H and O–H groups in total. The molecular weight excluding hydrogens is 398 g/mol. The minimum absolute atomic E-state index is 0.271. The lowest BCUT2D eigenvalue weighted by atomic mass is 10.1. The van der Waals surface area contributed by atoms with Gasteiger partial charge in [0.25, 0.3) is 0 Å². The summed E-state index contributed by atoms with van der Waals surface area (Å²) < 4.78 is 5.42. The number of carboxylic acids is 1. The number of aromatic carboxylic acids is 1. The highest BCUT2D eigenvalue weighted by Crippen LogP contribution is 2.29. The minimum Gasteiger partial charge on any atom is -0.478 e. The fraction of sp³-hybridized carbons (Fsp3) is 0.261. The number of nitrogens with zero attached hydrogens (tertiary/aromatic N) is 3. The maximum Gasteiger partial charge on any atom is 0.335 e.